The number of pyridine rings is 1. The van der Waals surface area contributed by atoms with Gasteiger partial charge < -0.3 is 11.1 Å². The van der Waals surface area contributed by atoms with E-state index >= 15 is 0 Å². The van der Waals surface area contributed by atoms with Crippen molar-refractivity contribution >= 4 is 22.9 Å². The number of carbonyl (C=O) groups excluding carboxylic acids is 1. The van der Waals surface area contributed by atoms with E-state index in [0.717, 1.165) is 34.7 Å². The number of rotatable bonds is 5. The number of carbonyl (C=O) groups is 1. The number of hydrogen-bond donors (Lipinski definition) is 2. The van der Waals surface area contributed by atoms with Gasteiger partial charge in [0.05, 0.1) is 35.2 Å². The van der Waals surface area contributed by atoms with Crippen molar-refractivity contribution in [3.05, 3.63) is 90.0 Å². The fourth-order valence-corrected chi connectivity index (χ4v) is 3.72. The number of halogens is 4. The minimum Gasteiger partial charge on any atom is -0.382 e. The second kappa shape index (κ2) is 8.76. The van der Waals surface area contributed by atoms with Crippen LogP contribution in [-0.4, -0.2) is 35.3 Å². The Hall–Kier alpha value is -4.81. The molecule has 0 unspecified atom stereocenters. The molecule has 0 aliphatic rings. The van der Waals surface area contributed by atoms with Crippen LogP contribution in [0.4, 0.5) is 29.1 Å². The highest BCUT2D eigenvalue weighted by atomic mass is 19.4. The average molecular weight is 496 g/mol. The van der Waals surface area contributed by atoms with E-state index in [2.05, 4.69) is 25.5 Å². The standard InChI is InChI=1S/C23H16F4N8O/c24-20-16(22(36)33-15-9-31-34(11-15)10-13-4-2-1-3-5-13)6-14(8-29-20)18-7-17(23(25,26)27)19-21(28)30-12-32-35(18)19/h1-9,11-12H,10H2,(H,33,36)(H2,28,30,32). The normalized spacial score (nSPS) is 11.7. The molecule has 4 heterocycles. The molecule has 0 spiro atoms. The van der Waals surface area contributed by atoms with Crippen LogP contribution in [-0.2, 0) is 12.7 Å². The van der Waals surface area contributed by atoms with Gasteiger partial charge in [0.2, 0.25) is 5.95 Å². The molecule has 5 aromatic rings. The van der Waals surface area contributed by atoms with Crippen LogP contribution in [0.2, 0.25) is 0 Å². The first kappa shape index (κ1) is 23.0. The predicted octanol–water partition coefficient (Wildman–Crippen LogP) is 4.03. The van der Waals surface area contributed by atoms with Gasteiger partial charge in [0.1, 0.15) is 11.8 Å². The van der Waals surface area contributed by atoms with Crippen molar-refractivity contribution < 1.29 is 22.4 Å². The summed E-state index contributed by atoms with van der Waals surface area (Å²) in [7, 11) is 0. The van der Waals surface area contributed by atoms with Gasteiger partial charge in [0.15, 0.2) is 5.82 Å². The molecule has 9 nitrogen and oxygen atoms in total. The molecule has 3 N–H and O–H groups in total. The number of fused-ring (bicyclic) bond motifs is 1. The van der Waals surface area contributed by atoms with Gasteiger partial charge in [-0.25, -0.2) is 14.5 Å². The van der Waals surface area contributed by atoms with Crippen molar-refractivity contribution in [2.24, 2.45) is 0 Å². The SMILES string of the molecule is Nc1ncnn2c(-c3cnc(F)c(C(=O)Nc4cnn(Cc5ccccc5)c4)c3)cc(C(F)(F)F)c12. The van der Waals surface area contributed by atoms with Crippen molar-refractivity contribution in [3.63, 3.8) is 0 Å². The Bertz CT molecular complexity index is 1580. The van der Waals surface area contributed by atoms with E-state index < -0.39 is 34.7 Å². The van der Waals surface area contributed by atoms with E-state index in [1.807, 2.05) is 30.3 Å². The Kier molecular flexibility index (Phi) is 5.59. The van der Waals surface area contributed by atoms with E-state index in [9.17, 15) is 22.4 Å². The number of amides is 1. The summed E-state index contributed by atoms with van der Waals surface area (Å²) in [6, 6.07) is 11.4. The van der Waals surface area contributed by atoms with E-state index in [1.54, 1.807) is 10.9 Å². The lowest BCUT2D eigenvalue weighted by molar-refractivity contribution is -0.136. The first-order valence-corrected chi connectivity index (χ1v) is 10.4. The van der Waals surface area contributed by atoms with Gasteiger partial charge in [-0.1, -0.05) is 30.3 Å². The van der Waals surface area contributed by atoms with E-state index in [1.165, 1.54) is 6.20 Å². The van der Waals surface area contributed by atoms with Crippen LogP contribution in [0.3, 0.4) is 0 Å². The Labute approximate surface area is 200 Å². The van der Waals surface area contributed by atoms with Crippen LogP contribution in [0, 0.1) is 5.95 Å². The molecule has 0 atom stereocenters. The van der Waals surface area contributed by atoms with Gasteiger partial charge in [0, 0.05) is 18.0 Å². The third-order valence-electron chi connectivity index (χ3n) is 5.35. The molecule has 0 saturated heterocycles. The number of alkyl halides is 3. The quantitative estimate of drug-likeness (QED) is 0.280. The van der Waals surface area contributed by atoms with Gasteiger partial charge in [-0.3, -0.25) is 9.48 Å². The highest BCUT2D eigenvalue weighted by Crippen LogP contribution is 2.38. The lowest BCUT2D eigenvalue weighted by atomic mass is 10.1. The second-order valence-corrected chi connectivity index (χ2v) is 7.78. The molecule has 0 radical (unpaired) electrons. The molecule has 4 aromatic heterocycles. The van der Waals surface area contributed by atoms with E-state index in [-0.39, 0.29) is 17.1 Å². The number of nitrogens with two attached hydrogens (primary N) is 1. The summed E-state index contributed by atoms with van der Waals surface area (Å²) in [4.78, 5) is 20.0. The molecule has 0 aliphatic carbocycles. The number of nitrogen functional groups attached to an aromatic ring is 1. The zero-order valence-corrected chi connectivity index (χ0v) is 18.2. The third kappa shape index (κ3) is 4.33. The molecule has 5 rings (SSSR count). The van der Waals surface area contributed by atoms with Crippen LogP contribution in [0.5, 0.6) is 0 Å². The molecule has 36 heavy (non-hydrogen) atoms. The zero-order chi connectivity index (χ0) is 25.4. The lowest BCUT2D eigenvalue weighted by Gasteiger charge is -2.07. The summed E-state index contributed by atoms with van der Waals surface area (Å²) in [5.74, 6) is -2.34. The maximum absolute atomic E-state index is 14.5. The van der Waals surface area contributed by atoms with Gasteiger partial charge in [-0.05, 0) is 17.7 Å². The number of aromatic nitrogens is 6. The van der Waals surface area contributed by atoms with Crippen LogP contribution in [0.1, 0.15) is 21.5 Å². The van der Waals surface area contributed by atoms with Crippen LogP contribution < -0.4 is 11.1 Å². The summed E-state index contributed by atoms with van der Waals surface area (Å²) >= 11 is 0. The Morgan fingerprint density at radius 1 is 1.06 bits per heavy atom. The van der Waals surface area contributed by atoms with Crippen molar-refractivity contribution in [1.82, 2.24) is 29.4 Å². The summed E-state index contributed by atoms with van der Waals surface area (Å²) in [5, 5.41) is 10.5. The fourth-order valence-electron chi connectivity index (χ4n) is 3.72. The number of nitrogens with one attached hydrogen (secondary N) is 1. The van der Waals surface area contributed by atoms with Crippen molar-refractivity contribution in [3.8, 4) is 11.3 Å². The highest BCUT2D eigenvalue weighted by molar-refractivity contribution is 6.04. The number of anilines is 2. The van der Waals surface area contributed by atoms with Gasteiger partial charge in [-0.2, -0.15) is 27.8 Å². The molecular formula is C23H16F4N8O. The largest absolute Gasteiger partial charge is 0.418 e. The number of benzene rings is 1. The first-order chi connectivity index (χ1) is 17.2. The van der Waals surface area contributed by atoms with Crippen LogP contribution in [0.25, 0.3) is 16.8 Å². The maximum atomic E-state index is 14.5. The molecular weight excluding hydrogens is 480 g/mol. The van der Waals surface area contributed by atoms with Crippen LogP contribution >= 0.6 is 0 Å². The molecule has 182 valence electrons. The Morgan fingerprint density at radius 2 is 1.83 bits per heavy atom. The first-order valence-electron chi connectivity index (χ1n) is 10.4. The smallest absolute Gasteiger partial charge is 0.382 e. The number of nitrogens with zero attached hydrogens (tertiary/aromatic N) is 6. The van der Waals surface area contributed by atoms with Crippen molar-refractivity contribution in [2.75, 3.05) is 11.1 Å². The molecule has 0 aliphatic heterocycles. The molecule has 1 amide bonds. The summed E-state index contributed by atoms with van der Waals surface area (Å²) in [6.45, 7) is 0.454. The topological polar surface area (TPSA) is 116 Å². The van der Waals surface area contributed by atoms with Crippen molar-refractivity contribution in [2.45, 2.75) is 12.7 Å². The van der Waals surface area contributed by atoms with Crippen LogP contribution in [0.15, 0.2) is 67.4 Å². The summed E-state index contributed by atoms with van der Waals surface area (Å²) < 4.78 is 57.8. The van der Waals surface area contributed by atoms with E-state index in [4.69, 9.17) is 5.73 Å². The highest BCUT2D eigenvalue weighted by Gasteiger charge is 2.36. The van der Waals surface area contributed by atoms with Crippen molar-refractivity contribution in [1.29, 1.82) is 0 Å². The molecule has 1 aromatic carbocycles. The van der Waals surface area contributed by atoms with Gasteiger partial charge in [-0.15, -0.1) is 0 Å². The Morgan fingerprint density at radius 3 is 2.58 bits per heavy atom. The summed E-state index contributed by atoms with van der Waals surface area (Å²) in [6.07, 6.45) is 0.200. The Balaban J connectivity index is 1.45. The minimum absolute atomic E-state index is 0.0184. The minimum atomic E-state index is -4.75. The van der Waals surface area contributed by atoms with Gasteiger partial charge >= 0.3 is 6.18 Å². The summed E-state index contributed by atoms with van der Waals surface area (Å²) in [5.41, 5.74) is 4.87. The number of hydrogen-bond acceptors (Lipinski definition) is 6. The van der Waals surface area contributed by atoms with Gasteiger partial charge in [0.25, 0.3) is 5.91 Å². The molecule has 0 bridgehead atoms. The molecule has 0 saturated carbocycles. The second-order valence-electron chi connectivity index (χ2n) is 7.78. The third-order valence-corrected chi connectivity index (χ3v) is 5.35. The predicted molar refractivity (Wildman–Crippen MR) is 121 cm³/mol. The zero-order valence-electron chi connectivity index (χ0n) is 18.2. The average Bonchev–Trinajstić information content (AvgIpc) is 3.45. The fraction of sp³-hybridized carbons (Fsp3) is 0.0870. The molecule has 0 fully saturated rings. The molecule has 13 heteroatoms. The monoisotopic (exact) mass is 496 g/mol. The lowest BCUT2D eigenvalue weighted by Crippen LogP contribution is -2.14. The van der Waals surface area contributed by atoms with E-state index in [0.29, 0.717) is 12.2 Å². The maximum Gasteiger partial charge on any atom is 0.418 e.